The Labute approximate surface area is 68.4 Å². The molecular weight excluding hydrogens is 168 g/mol. The first-order valence-corrected chi connectivity index (χ1v) is 3.09. The van der Waals surface area contributed by atoms with Gasteiger partial charge in [0.05, 0.1) is 6.42 Å². The van der Waals surface area contributed by atoms with Gasteiger partial charge < -0.3 is 14.2 Å². The topological polar surface area (TPSA) is 78.9 Å². The fraction of sp³-hybridized carbons (Fsp3) is 0.500. The highest BCUT2D eigenvalue weighted by Crippen LogP contribution is 2.16. The summed E-state index contributed by atoms with van der Waals surface area (Å²) in [5.74, 6) is -1.91. The van der Waals surface area contributed by atoms with Gasteiger partial charge in [-0.1, -0.05) is 6.92 Å². The van der Waals surface area contributed by atoms with Crippen molar-refractivity contribution in [2.75, 3.05) is 0 Å². The van der Waals surface area contributed by atoms with Gasteiger partial charge >= 0.3 is 5.97 Å². The number of carbonyl (C=O) groups is 3. The van der Waals surface area contributed by atoms with Crippen LogP contribution in [0, 0.1) is 0 Å². The molecule has 0 fully saturated rings. The molecule has 68 valence electrons. The normalized spacial score (nSPS) is 9.75. The summed E-state index contributed by atoms with van der Waals surface area (Å²) in [6.07, 6.45) is 0.0171. The summed E-state index contributed by atoms with van der Waals surface area (Å²) in [7, 11) is 0. The highest BCUT2D eigenvalue weighted by Gasteiger charge is 2.34. The third-order valence-corrected chi connectivity index (χ3v) is 1.12. The van der Waals surface area contributed by atoms with Crippen LogP contribution in [0.2, 0.25) is 0 Å². The van der Waals surface area contributed by atoms with Crippen LogP contribution in [0.3, 0.4) is 0 Å². The molecule has 0 aromatic heterocycles. The van der Waals surface area contributed by atoms with Crippen molar-refractivity contribution in [1.29, 1.82) is 0 Å². The lowest BCUT2D eigenvalue weighted by molar-refractivity contribution is -0.315. The molecule has 0 aromatic carbocycles. The van der Waals surface area contributed by atoms with Gasteiger partial charge in [0.25, 0.3) is 19.4 Å². The Kier molecular flexibility index (Phi) is 4.43. The maximum absolute atomic E-state index is 9.91. The van der Waals surface area contributed by atoms with E-state index in [2.05, 4.69) is 14.2 Å². The number of carbonyl (C=O) groups excluding carboxylic acids is 3. The standard InChI is InChI=1S/C6H8O6/c1-2-6(10-3-7,11-4-8)12-5-9/h3-5H,2H2,1H3. The summed E-state index contributed by atoms with van der Waals surface area (Å²) >= 11 is 0. The van der Waals surface area contributed by atoms with Crippen molar-refractivity contribution in [2.24, 2.45) is 0 Å². The Morgan fingerprint density at radius 2 is 1.33 bits per heavy atom. The van der Waals surface area contributed by atoms with Gasteiger partial charge in [0.2, 0.25) is 0 Å². The fourth-order valence-corrected chi connectivity index (χ4v) is 0.553. The number of hydrogen-bond acceptors (Lipinski definition) is 6. The minimum absolute atomic E-state index is 0.0171. The van der Waals surface area contributed by atoms with E-state index < -0.39 is 5.97 Å². The van der Waals surface area contributed by atoms with Crippen molar-refractivity contribution >= 4 is 19.4 Å². The molecule has 0 amide bonds. The van der Waals surface area contributed by atoms with Gasteiger partial charge in [-0.15, -0.1) is 0 Å². The minimum atomic E-state index is -1.91. The van der Waals surface area contributed by atoms with Crippen molar-refractivity contribution in [1.82, 2.24) is 0 Å². The van der Waals surface area contributed by atoms with Crippen LogP contribution in [0.1, 0.15) is 13.3 Å². The zero-order chi connectivity index (χ0) is 9.45. The zero-order valence-electron chi connectivity index (χ0n) is 6.39. The van der Waals surface area contributed by atoms with Crippen LogP contribution in [-0.4, -0.2) is 25.4 Å². The second-order valence-corrected chi connectivity index (χ2v) is 1.68. The number of rotatable bonds is 7. The number of ether oxygens (including phenoxy) is 3. The monoisotopic (exact) mass is 176 g/mol. The fourth-order valence-electron chi connectivity index (χ4n) is 0.553. The van der Waals surface area contributed by atoms with E-state index in [0.29, 0.717) is 0 Å². The molecule has 12 heavy (non-hydrogen) atoms. The largest absolute Gasteiger partial charge is 0.422 e. The zero-order valence-corrected chi connectivity index (χ0v) is 6.39. The van der Waals surface area contributed by atoms with Crippen molar-refractivity contribution < 1.29 is 28.6 Å². The summed E-state index contributed by atoms with van der Waals surface area (Å²) < 4.78 is 12.8. The molecule has 0 unspecified atom stereocenters. The smallest absolute Gasteiger partial charge is 0.390 e. The second-order valence-electron chi connectivity index (χ2n) is 1.68. The molecule has 0 spiro atoms. The van der Waals surface area contributed by atoms with Crippen LogP contribution < -0.4 is 0 Å². The minimum Gasteiger partial charge on any atom is -0.390 e. The van der Waals surface area contributed by atoms with Gasteiger partial charge in [-0.3, -0.25) is 14.4 Å². The third-order valence-electron chi connectivity index (χ3n) is 1.12. The maximum atomic E-state index is 9.91. The first-order valence-electron chi connectivity index (χ1n) is 3.09. The van der Waals surface area contributed by atoms with E-state index in [1.807, 2.05) is 0 Å². The molecule has 0 heterocycles. The second kappa shape index (κ2) is 5.11. The molecule has 0 saturated carbocycles. The van der Waals surface area contributed by atoms with Crippen molar-refractivity contribution in [3.63, 3.8) is 0 Å². The lowest BCUT2D eigenvalue weighted by Crippen LogP contribution is -2.37. The van der Waals surface area contributed by atoms with E-state index in [-0.39, 0.29) is 25.8 Å². The molecule has 6 nitrogen and oxygen atoms in total. The Bertz CT molecular complexity index is 139. The van der Waals surface area contributed by atoms with Gasteiger partial charge in [0.1, 0.15) is 0 Å². The summed E-state index contributed by atoms with van der Waals surface area (Å²) in [6.45, 7) is 1.58. The molecule has 0 bridgehead atoms. The molecule has 0 aliphatic heterocycles. The summed E-state index contributed by atoms with van der Waals surface area (Å²) in [6, 6.07) is 0. The predicted octanol–water partition coefficient (Wildman–Crippen LogP) is -0.431. The van der Waals surface area contributed by atoms with Crippen LogP contribution in [0.5, 0.6) is 0 Å². The predicted molar refractivity (Wildman–Crippen MR) is 34.5 cm³/mol. The van der Waals surface area contributed by atoms with E-state index in [1.54, 1.807) is 0 Å². The van der Waals surface area contributed by atoms with Crippen molar-refractivity contribution in [2.45, 2.75) is 19.3 Å². The quantitative estimate of drug-likeness (QED) is 0.386. The van der Waals surface area contributed by atoms with E-state index in [1.165, 1.54) is 6.92 Å². The molecule has 0 rings (SSSR count). The van der Waals surface area contributed by atoms with E-state index in [9.17, 15) is 14.4 Å². The summed E-state index contributed by atoms with van der Waals surface area (Å²) in [5.41, 5.74) is 0. The first-order chi connectivity index (χ1) is 5.74. The highest BCUT2D eigenvalue weighted by molar-refractivity contribution is 5.43. The molecular formula is C6H8O6. The first kappa shape index (κ1) is 10.4. The van der Waals surface area contributed by atoms with E-state index in [4.69, 9.17) is 0 Å². The summed E-state index contributed by atoms with van der Waals surface area (Å²) in [4.78, 5) is 29.7. The molecule has 0 N–H and O–H groups in total. The Balaban J connectivity index is 4.35. The van der Waals surface area contributed by atoms with Gasteiger partial charge in [-0.25, -0.2) is 0 Å². The van der Waals surface area contributed by atoms with Crippen molar-refractivity contribution in [3.05, 3.63) is 0 Å². The van der Waals surface area contributed by atoms with Gasteiger partial charge in [0.15, 0.2) is 0 Å². The van der Waals surface area contributed by atoms with Gasteiger partial charge in [-0.05, 0) is 0 Å². The molecule has 6 heteroatoms. The lowest BCUT2D eigenvalue weighted by atomic mass is 10.4. The van der Waals surface area contributed by atoms with E-state index in [0.717, 1.165) is 0 Å². The SMILES string of the molecule is CCC(OC=O)(OC=O)OC=O. The molecule has 0 aromatic rings. The van der Waals surface area contributed by atoms with Crippen LogP contribution in [0.25, 0.3) is 0 Å². The van der Waals surface area contributed by atoms with Crippen molar-refractivity contribution in [3.8, 4) is 0 Å². The van der Waals surface area contributed by atoms with E-state index >= 15 is 0 Å². The molecule has 0 radical (unpaired) electrons. The molecule has 0 atom stereocenters. The van der Waals surface area contributed by atoms with Crippen LogP contribution >= 0.6 is 0 Å². The molecule has 0 aliphatic carbocycles. The Morgan fingerprint density at radius 3 is 1.50 bits per heavy atom. The molecule has 0 aliphatic rings. The van der Waals surface area contributed by atoms with Gasteiger partial charge in [0, 0.05) is 0 Å². The Hall–Kier alpha value is -1.59. The third kappa shape index (κ3) is 2.57. The van der Waals surface area contributed by atoms with Crippen LogP contribution in [-0.2, 0) is 28.6 Å². The van der Waals surface area contributed by atoms with Gasteiger partial charge in [-0.2, -0.15) is 0 Å². The summed E-state index contributed by atoms with van der Waals surface area (Å²) in [5, 5.41) is 0. The Morgan fingerprint density at radius 1 is 1.00 bits per heavy atom. The molecule has 0 saturated heterocycles. The average Bonchev–Trinajstić information content (AvgIpc) is 2.06. The lowest BCUT2D eigenvalue weighted by Gasteiger charge is -2.24. The maximum Gasteiger partial charge on any atom is 0.422 e. The van der Waals surface area contributed by atoms with Crippen LogP contribution in [0.4, 0.5) is 0 Å². The average molecular weight is 176 g/mol. The number of hydrogen-bond donors (Lipinski definition) is 0. The highest BCUT2D eigenvalue weighted by atomic mass is 16.9. The van der Waals surface area contributed by atoms with Crippen LogP contribution in [0.15, 0.2) is 0 Å².